The number of carbonyl (C=O) groups excluding carboxylic acids is 1. The van der Waals surface area contributed by atoms with E-state index in [1.165, 1.54) is 0 Å². The van der Waals surface area contributed by atoms with E-state index in [2.05, 4.69) is 15.9 Å². The van der Waals surface area contributed by atoms with Gasteiger partial charge in [-0.2, -0.15) is 0 Å². The normalized spacial score (nSPS) is 12.6. The molecular weight excluding hydrogens is 318 g/mol. The molecule has 0 atom stereocenters. The molecule has 0 radical (unpaired) electrons. The van der Waals surface area contributed by atoms with Gasteiger partial charge in [0.2, 0.25) is 0 Å². The van der Waals surface area contributed by atoms with Gasteiger partial charge in [0.1, 0.15) is 5.75 Å². The van der Waals surface area contributed by atoms with E-state index in [1.807, 2.05) is 42.5 Å². The monoisotopic (exact) mass is 327 g/mol. The molecule has 0 saturated carbocycles. The van der Waals surface area contributed by atoms with Crippen LogP contribution in [0.5, 0.6) is 5.75 Å². The molecule has 2 heterocycles. The van der Waals surface area contributed by atoms with Crippen molar-refractivity contribution in [2.24, 2.45) is 0 Å². The van der Waals surface area contributed by atoms with Gasteiger partial charge in [-0.3, -0.25) is 9.36 Å². The third kappa shape index (κ3) is 1.32. The lowest BCUT2D eigenvalue weighted by Crippen LogP contribution is -2.21. The number of hydrogen-bond acceptors (Lipinski definition) is 2. The standard InChI is InChI=1S/C16H10BrNO2/c1-20-13-7-6-9(17)8-11(13)15-14-10-4-2-3-5-12(10)18(15)16(14)19/h2-8H,1H3. The number of methoxy groups -OCH3 is 1. The van der Waals surface area contributed by atoms with Gasteiger partial charge in [-0.1, -0.05) is 34.1 Å². The smallest absolute Gasteiger partial charge is 0.265 e. The van der Waals surface area contributed by atoms with Crippen LogP contribution in [0.25, 0.3) is 22.2 Å². The Bertz CT molecular complexity index is 837. The van der Waals surface area contributed by atoms with Gasteiger partial charge in [0.05, 0.1) is 23.9 Å². The number of hydrogen-bond donors (Lipinski definition) is 0. The van der Waals surface area contributed by atoms with Crippen LogP contribution in [0.4, 0.5) is 0 Å². The van der Waals surface area contributed by atoms with Gasteiger partial charge in [0, 0.05) is 15.4 Å². The molecule has 2 aromatic carbocycles. The first-order valence-electron chi connectivity index (χ1n) is 6.24. The van der Waals surface area contributed by atoms with Crippen LogP contribution in [0.3, 0.4) is 0 Å². The first-order chi connectivity index (χ1) is 9.72. The topological polar surface area (TPSA) is 31.2 Å². The minimum atomic E-state index is 0.0724. The fourth-order valence-corrected chi connectivity index (χ4v) is 3.21. The summed E-state index contributed by atoms with van der Waals surface area (Å²) in [5.74, 6) is 0.842. The average Bonchev–Trinajstić information content (AvgIpc) is 2.95. The second-order valence-corrected chi connectivity index (χ2v) is 5.64. The maximum Gasteiger partial charge on any atom is 0.265 e. The molecule has 0 spiro atoms. The first kappa shape index (κ1) is 11.7. The Labute approximate surface area is 123 Å². The van der Waals surface area contributed by atoms with Gasteiger partial charge in [-0.15, -0.1) is 0 Å². The van der Waals surface area contributed by atoms with Crippen molar-refractivity contribution in [3.8, 4) is 17.0 Å². The first-order valence-corrected chi connectivity index (χ1v) is 7.03. The maximum absolute atomic E-state index is 12.2. The van der Waals surface area contributed by atoms with Gasteiger partial charge >= 0.3 is 0 Å². The summed E-state index contributed by atoms with van der Waals surface area (Å²) in [6.07, 6.45) is 0. The minimum Gasteiger partial charge on any atom is -0.496 e. The molecule has 3 nitrogen and oxygen atoms in total. The Hall–Kier alpha value is -2.07. The number of para-hydroxylation sites is 1. The Balaban J connectivity index is 2.08. The van der Waals surface area contributed by atoms with Crippen LogP contribution >= 0.6 is 15.9 Å². The molecule has 3 aromatic rings. The molecular formula is C16H10BrNO2. The number of carbonyl (C=O) groups is 1. The average molecular weight is 328 g/mol. The summed E-state index contributed by atoms with van der Waals surface area (Å²) in [6.45, 7) is 0. The third-order valence-electron chi connectivity index (χ3n) is 3.71. The van der Waals surface area contributed by atoms with Crippen LogP contribution in [0, 0.1) is 0 Å². The summed E-state index contributed by atoms with van der Waals surface area (Å²) in [6, 6.07) is 13.7. The van der Waals surface area contributed by atoms with Crippen LogP contribution in [-0.4, -0.2) is 17.6 Å². The molecule has 0 aliphatic carbocycles. The van der Waals surface area contributed by atoms with Crippen LogP contribution < -0.4 is 4.74 Å². The number of ether oxygens (including phenoxy) is 1. The number of halogens is 1. The maximum atomic E-state index is 12.2. The zero-order valence-electron chi connectivity index (χ0n) is 10.7. The van der Waals surface area contributed by atoms with Crippen molar-refractivity contribution in [2.75, 3.05) is 7.11 Å². The van der Waals surface area contributed by atoms with Crippen molar-refractivity contribution in [1.82, 2.24) is 4.57 Å². The summed E-state index contributed by atoms with van der Waals surface area (Å²) in [5.41, 5.74) is 3.63. The van der Waals surface area contributed by atoms with E-state index < -0.39 is 0 Å². The van der Waals surface area contributed by atoms with E-state index in [-0.39, 0.29) is 5.91 Å². The van der Waals surface area contributed by atoms with Crippen LogP contribution in [0.15, 0.2) is 46.9 Å². The van der Waals surface area contributed by atoms with Gasteiger partial charge in [-0.05, 0) is 24.3 Å². The molecule has 2 bridgehead atoms. The lowest BCUT2D eigenvalue weighted by atomic mass is 10.00. The summed E-state index contributed by atoms with van der Waals surface area (Å²) in [4.78, 5) is 12.2. The Morgan fingerprint density at radius 1 is 1.15 bits per heavy atom. The van der Waals surface area contributed by atoms with E-state index in [9.17, 15) is 4.79 Å². The van der Waals surface area contributed by atoms with E-state index in [4.69, 9.17) is 4.74 Å². The largest absolute Gasteiger partial charge is 0.496 e. The SMILES string of the molecule is COc1ccc(Br)cc1-c1c2c3ccccc3n1C2=O. The van der Waals surface area contributed by atoms with Crippen molar-refractivity contribution in [1.29, 1.82) is 0 Å². The minimum absolute atomic E-state index is 0.0724. The highest BCUT2D eigenvalue weighted by molar-refractivity contribution is 9.10. The van der Waals surface area contributed by atoms with Crippen LogP contribution in [0.2, 0.25) is 0 Å². The number of aromatic nitrogens is 1. The molecule has 98 valence electrons. The second-order valence-electron chi connectivity index (χ2n) is 4.73. The number of rotatable bonds is 2. The molecule has 0 fully saturated rings. The zero-order chi connectivity index (χ0) is 13.9. The predicted octanol–water partition coefficient (Wildman–Crippen LogP) is 4.08. The molecule has 4 rings (SSSR count). The summed E-state index contributed by atoms with van der Waals surface area (Å²) < 4.78 is 8.14. The van der Waals surface area contributed by atoms with Crippen LogP contribution in [0.1, 0.15) is 10.4 Å². The Morgan fingerprint density at radius 2 is 1.95 bits per heavy atom. The highest BCUT2D eigenvalue weighted by Gasteiger charge is 2.37. The highest BCUT2D eigenvalue weighted by Crippen LogP contribution is 2.45. The predicted molar refractivity (Wildman–Crippen MR) is 81.4 cm³/mol. The van der Waals surface area contributed by atoms with Gasteiger partial charge in [0.15, 0.2) is 0 Å². The molecule has 4 heteroatoms. The van der Waals surface area contributed by atoms with Crippen molar-refractivity contribution in [2.45, 2.75) is 0 Å². The fraction of sp³-hybridized carbons (Fsp3) is 0.0625. The molecule has 0 saturated heterocycles. The second kappa shape index (κ2) is 3.96. The molecule has 1 aromatic heterocycles. The summed E-state index contributed by atoms with van der Waals surface area (Å²) >= 11 is 3.48. The highest BCUT2D eigenvalue weighted by atomic mass is 79.9. The van der Waals surface area contributed by atoms with Crippen LogP contribution in [-0.2, 0) is 0 Å². The van der Waals surface area contributed by atoms with E-state index in [1.54, 1.807) is 11.7 Å². The number of benzene rings is 2. The molecule has 0 amide bonds. The molecule has 20 heavy (non-hydrogen) atoms. The van der Waals surface area contributed by atoms with Gasteiger partial charge in [-0.25, -0.2) is 0 Å². The van der Waals surface area contributed by atoms with Crippen molar-refractivity contribution < 1.29 is 9.53 Å². The lowest BCUT2D eigenvalue weighted by molar-refractivity contribution is 0.0951. The van der Waals surface area contributed by atoms with E-state index >= 15 is 0 Å². The van der Waals surface area contributed by atoms with Crippen molar-refractivity contribution in [3.63, 3.8) is 0 Å². The van der Waals surface area contributed by atoms with E-state index in [0.717, 1.165) is 37.9 Å². The molecule has 1 aliphatic heterocycles. The molecule has 0 N–H and O–H groups in total. The van der Waals surface area contributed by atoms with Crippen molar-refractivity contribution >= 4 is 32.7 Å². The van der Waals surface area contributed by atoms with Gasteiger partial charge in [0.25, 0.3) is 5.91 Å². The summed E-state index contributed by atoms with van der Waals surface area (Å²) in [7, 11) is 1.64. The third-order valence-corrected chi connectivity index (χ3v) is 4.20. The quantitative estimate of drug-likeness (QED) is 0.555. The molecule has 0 unspecified atom stereocenters. The summed E-state index contributed by atoms with van der Waals surface area (Å²) in [5, 5.41) is 1.01. The zero-order valence-corrected chi connectivity index (χ0v) is 12.3. The Kier molecular flexibility index (Phi) is 2.32. The van der Waals surface area contributed by atoms with E-state index in [0.29, 0.717) is 0 Å². The molecule has 1 aliphatic rings. The fourth-order valence-electron chi connectivity index (χ4n) is 2.85. The lowest BCUT2D eigenvalue weighted by Gasteiger charge is -2.20. The number of fused-ring (bicyclic) bond motifs is 5. The van der Waals surface area contributed by atoms with Crippen molar-refractivity contribution in [3.05, 3.63) is 52.5 Å². The van der Waals surface area contributed by atoms with Gasteiger partial charge < -0.3 is 4.74 Å². The Morgan fingerprint density at radius 3 is 2.70 bits per heavy atom. The number of nitrogens with zero attached hydrogens (tertiary/aromatic N) is 1.